The highest BCUT2D eigenvalue weighted by molar-refractivity contribution is 5.83. The Kier molecular flexibility index (Phi) is 18.2. The molecule has 2 aromatic rings. The summed E-state index contributed by atoms with van der Waals surface area (Å²) in [5.74, 6) is -4.05. The first kappa shape index (κ1) is 53.3. The Balaban J connectivity index is 1.55. The molecular weight excluding hydrogens is 837 g/mol. The van der Waals surface area contributed by atoms with Gasteiger partial charge in [0.1, 0.15) is 29.7 Å². The Labute approximate surface area is 387 Å². The summed E-state index contributed by atoms with van der Waals surface area (Å²) in [7, 11) is 6.87. The normalized spacial score (nSPS) is 41.6. The van der Waals surface area contributed by atoms with E-state index in [1.807, 2.05) is 84.1 Å². The van der Waals surface area contributed by atoms with Crippen molar-refractivity contribution in [3.63, 3.8) is 0 Å². The molecule has 0 amide bonds. The highest BCUT2D eigenvalue weighted by Gasteiger charge is 2.54. The first-order chi connectivity index (χ1) is 30.5. The molecule has 18 atom stereocenters. The van der Waals surface area contributed by atoms with E-state index in [0.717, 1.165) is 16.5 Å². The second kappa shape index (κ2) is 22.2. The molecule has 0 saturated carbocycles. The number of ether oxygens (including phenoxy) is 8. The summed E-state index contributed by atoms with van der Waals surface area (Å²) >= 11 is 0. The number of aliphatic hydroxyl groups excluding tert-OH is 2. The second-order valence-electron chi connectivity index (χ2n) is 20.1. The lowest BCUT2D eigenvalue weighted by Gasteiger charge is -2.50. The third kappa shape index (κ3) is 12.0. The SMILES string of the molecule is CC[C@H]1OC(=O)[C@H](C)[C@@H](O[C@H]2C[C@@](C)(OC)[C@@H](O)[C@H](C)O2)[C@H](C)[C@@H](OC2O[C@H](C)C[C@H](N(C)C)[C@H]2O)[C@@](C)(OC)C[C@@H](C)C(=O)[C@H](C)[C@@H](OCCCc2cnc3ccccc3c2)[C@]1(C)O. The van der Waals surface area contributed by atoms with Crippen LogP contribution in [0.3, 0.4) is 0 Å². The van der Waals surface area contributed by atoms with Crippen molar-refractivity contribution in [2.45, 2.75) is 192 Å². The molecule has 15 nitrogen and oxygen atoms in total. The van der Waals surface area contributed by atoms with Crippen LogP contribution in [0.15, 0.2) is 36.5 Å². The van der Waals surface area contributed by atoms with E-state index in [9.17, 15) is 24.9 Å². The summed E-state index contributed by atoms with van der Waals surface area (Å²) in [5.41, 5.74) is -2.15. The van der Waals surface area contributed by atoms with Gasteiger partial charge in [0.2, 0.25) is 0 Å². The molecule has 3 fully saturated rings. The van der Waals surface area contributed by atoms with Crippen LogP contribution in [0.25, 0.3) is 10.9 Å². The number of pyridine rings is 1. The first-order valence-corrected chi connectivity index (χ1v) is 23.7. The van der Waals surface area contributed by atoms with E-state index in [1.165, 1.54) is 7.11 Å². The van der Waals surface area contributed by atoms with Crippen molar-refractivity contribution in [2.75, 3.05) is 34.9 Å². The van der Waals surface area contributed by atoms with Gasteiger partial charge in [0.25, 0.3) is 0 Å². The largest absolute Gasteiger partial charge is 0.459 e. The Hall–Kier alpha value is -2.67. The highest BCUT2D eigenvalue weighted by atomic mass is 16.7. The lowest BCUT2D eigenvalue weighted by Crippen LogP contribution is -2.61. The number of hydrogen-bond donors (Lipinski definition) is 3. The van der Waals surface area contributed by atoms with Gasteiger partial charge in [0, 0.05) is 62.6 Å². The number of esters is 1. The maximum atomic E-state index is 14.8. The van der Waals surface area contributed by atoms with Crippen LogP contribution in [0.4, 0.5) is 0 Å². The molecule has 1 unspecified atom stereocenters. The Bertz CT molecular complexity index is 1870. The number of ketones is 1. The molecule has 1 aromatic carbocycles. The van der Waals surface area contributed by atoms with Crippen molar-refractivity contribution in [1.82, 2.24) is 9.88 Å². The zero-order chi connectivity index (χ0) is 48.2. The number of carbonyl (C=O) groups is 2. The zero-order valence-corrected chi connectivity index (χ0v) is 41.4. The fraction of sp³-hybridized carbons (Fsp3) is 0.780. The van der Waals surface area contributed by atoms with Crippen LogP contribution < -0.4 is 0 Å². The second-order valence-corrected chi connectivity index (χ2v) is 20.1. The predicted octanol–water partition coefficient (Wildman–Crippen LogP) is 5.65. The summed E-state index contributed by atoms with van der Waals surface area (Å²) in [5, 5.41) is 36.5. The summed E-state index contributed by atoms with van der Waals surface area (Å²) in [4.78, 5) is 36.1. The average Bonchev–Trinajstić information content (AvgIpc) is 3.27. The van der Waals surface area contributed by atoms with Crippen LogP contribution in [-0.4, -0.2) is 156 Å². The molecule has 3 aliphatic rings. The molecule has 15 heteroatoms. The molecular formula is C50H80N2O13. The van der Waals surface area contributed by atoms with Gasteiger partial charge in [-0.15, -0.1) is 0 Å². The van der Waals surface area contributed by atoms with Crippen LogP contribution in [0.5, 0.6) is 0 Å². The van der Waals surface area contributed by atoms with Crippen molar-refractivity contribution >= 4 is 22.7 Å². The molecule has 1 aromatic heterocycles. The maximum Gasteiger partial charge on any atom is 0.311 e. The Morgan fingerprint density at radius 2 is 1.57 bits per heavy atom. The third-order valence-electron chi connectivity index (χ3n) is 14.8. The van der Waals surface area contributed by atoms with E-state index < -0.39 is 102 Å². The molecule has 65 heavy (non-hydrogen) atoms. The van der Waals surface area contributed by atoms with E-state index >= 15 is 0 Å². The number of hydrogen-bond acceptors (Lipinski definition) is 15. The van der Waals surface area contributed by atoms with Gasteiger partial charge in [-0.05, 0) is 105 Å². The number of carbonyl (C=O) groups excluding carboxylic acids is 2. The number of aryl methyl sites for hydroxylation is 1. The van der Waals surface area contributed by atoms with E-state index in [0.29, 0.717) is 19.3 Å². The molecule has 3 saturated heterocycles. The van der Waals surface area contributed by atoms with Crippen molar-refractivity contribution in [1.29, 1.82) is 0 Å². The monoisotopic (exact) mass is 917 g/mol. The fourth-order valence-corrected chi connectivity index (χ4v) is 10.6. The number of fused-ring (bicyclic) bond motifs is 1. The van der Waals surface area contributed by atoms with Crippen LogP contribution >= 0.6 is 0 Å². The number of cyclic esters (lactones) is 1. The Morgan fingerprint density at radius 1 is 0.892 bits per heavy atom. The van der Waals surface area contributed by atoms with E-state index in [1.54, 1.807) is 41.7 Å². The van der Waals surface area contributed by atoms with Gasteiger partial charge in [-0.2, -0.15) is 0 Å². The smallest absolute Gasteiger partial charge is 0.311 e. The summed E-state index contributed by atoms with van der Waals surface area (Å²) in [6, 6.07) is 9.74. The van der Waals surface area contributed by atoms with E-state index in [-0.39, 0.29) is 43.8 Å². The van der Waals surface area contributed by atoms with Gasteiger partial charge in [-0.25, -0.2) is 0 Å². The number of para-hydroxylation sites is 1. The summed E-state index contributed by atoms with van der Waals surface area (Å²) in [6.07, 6.45) is -4.99. The summed E-state index contributed by atoms with van der Waals surface area (Å²) < 4.78 is 51.5. The number of methoxy groups -OCH3 is 2. The van der Waals surface area contributed by atoms with Crippen molar-refractivity contribution in [3.8, 4) is 0 Å². The molecule has 0 bridgehead atoms. The minimum absolute atomic E-state index is 0.131. The lowest BCUT2D eigenvalue weighted by atomic mass is 9.73. The highest BCUT2D eigenvalue weighted by Crippen LogP contribution is 2.42. The minimum atomic E-state index is -1.81. The minimum Gasteiger partial charge on any atom is -0.459 e. The standard InChI is InChI=1S/C50H80N2O13/c1-15-38-50(10,57)45(60-22-18-19-34-24-35-20-16-17-21-36(35)51-27-34)30(4)40(53)28(2)25-49(9,59-14)44(65-47-41(54)37(52(11)12)23-29(3)61-47)31(5)42(32(6)46(56)63-38)64-39-26-48(8,58-13)43(55)33(7)62-39/h16-17,20-21,24,27-33,37-39,41-45,47,54-55,57H,15,18-19,22-23,25-26H2,1-14H3/t28-,29-,30+,31+,32-,33+,37+,38-,39+,41-,42+,43+,44-,45-,47?,48-,49+,50-/m1/s1. The van der Waals surface area contributed by atoms with Crippen molar-refractivity contribution in [3.05, 3.63) is 42.1 Å². The summed E-state index contributed by atoms with van der Waals surface area (Å²) in [6.45, 7) is 18.1. The number of nitrogens with zero attached hydrogens (tertiary/aromatic N) is 2. The van der Waals surface area contributed by atoms with Crippen LogP contribution in [0.2, 0.25) is 0 Å². The van der Waals surface area contributed by atoms with Crippen molar-refractivity contribution in [2.24, 2.45) is 23.7 Å². The number of Topliss-reactive ketones (excluding diaryl/α,β-unsaturated/α-hetero) is 1. The number of rotatable bonds is 13. The molecule has 0 radical (unpaired) electrons. The van der Waals surface area contributed by atoms with Gasteiger partial charge in [0.15, 0.2) is 12.6 Å². The number of aromatic nitrogens is 1. The average molecular weight is 917 g/mol. The van der Waals surface area contributed by atoms with Gasteiger partial charge in [-0.3, -0.25) is 14.6 Å². The van der Waals surface area contributed by atoms with Gasteiger partial charge < -0.3 is 58.1 Å². The van der Waals surface area contributed by atoms with Gasteiger partial charge >= 0.3 is 5.97 Å². The third-order valence-corrected chi connectivity index (χ3v) is 14.8. The van der Waals surface area contributed by atoms with Gasteiger partial charge in [-0.1, -0.05) is 45.9 Å². The van der Waals surface area contributed by atoms with E-state index in [2.05, 4.69) is 11.1 Å². The molecule has 0 aliphatic carbocycles. The van der Waals surface area contributed by atoms with Crippen LogP contribution in [0, 0.1) is 23.7 Å². The quantitative estimate of drug-likeness (QED) is 0.166. The molecule has 3 aliphatic heterocycles. The topological polar surface area (TPSA) is 185 Å². The zero-order valence-electron chi connectivity index (χ0n) is 41.4. The molecule has 368 valence electrons. The fourth-order valence-electron chi connectivity index (χ4n) is 10.6. The first-order valence-electron chi connectivity index (χ1n) is 23.7. The maximum absolute atomic E-state index is 14.8. The molecule has 0 spiro atoms. The van der Waals surface area contributed by atoms with Crippen LogP contribution in [-0.2, 0) is 53.9 Å². The lowest BCUT2D eigenvalue weighted by molar-refractivity contribution is -0.319. The number of likely N-dealkylation sites (N-methyl/N-ethyl adjacent to an activating group) is 1. The predicted molar refractivity (Wildman–Crippen MR) is 245 cm³/mol. The van der Waals surface area contributed by atoms with Crippen molar-refractivity contribution < 1.29 is 62.8 Å². The molecule has 5 rings (SSSR count). The number of aliphatic hydroxyl groups is 3. The van der Waals surface area contributed by atoms with Crippen LogP contribution in [0.1, 0.15) is 107 Å². The molecule has 4 heterocycles. The Morgan fingerprint density at radius 3 is 2.22 bits per heavy atom. The molecule has 3 N–H and O–H groups in total. The number of benzene rings is 1. The van der Waals surface area contributed by atoms with Gasteiger partial charge in [0.05, 0.1) is 53.2 Å². The van der Waals surface area contributed by atoms with E-state index in [4.69, 9.17) is 37.9 Å².